The summed E-state index contributed by atoms with van der Waals surface area (Å²) in [5.74, 6) is -0.235. The molecule has 0 aliphatic rings. The maximum atomic E-state index is 11.0. The third kappa shape index (κ3) is 1.50. The lowest BCUT2D eigenvalue weighted by atomic mass is 10.3. The van der Waals surface area contributed by atoms with Gasteiger partial charge >= 0.3 is 0 Å². The Bertz CT molecular complexity index is 487. The topological polar surface area (TPSA) is 57.8 Å². The molecule has 0 spiro atoms. The van der Waals surface area contributed by atoms with Gasteiger partial charge in [-0.1, -0.05) is 6.58 Å². The van der Waals surface area contributed by atoms with Gasteiger partial charge in [0.05, 0.1) is 11.9 Å². The quantitative estimate of drug-likeness (QED) is 0.703. The van der Waals surface area contributed by atoms with E-state index < -0.39 is 0 Å². The summed E-state index contributed by atoms with van der Waals surface area (Å²) in [5, 5.41) is 3.60. The van der Waals surface area contributed by atoms with Gasteiger partial charge in [-0.15, -0.1) is 0 Å². The zero-order chi connectivity index (χ0) is 9.97. The van der Waals surface area contributed by atoms with E-state index in [-0.39, 0.29) is 5.91 Å². The Morgan fingerprint density at radius 2 is 2.50 bits per heavy atom. The Hall–Kier alpha value is -2.10. The summed E-state index contributed by atoms with van der Waals surface area (Å²) in [4.78, 5) is 18.1. The van der Waals surface area contributed by atoms with Gasteiger partial charge in [-0.3, -0.25) is 4.79 Å². The first-order valence-corrected chi connectivity index (χ1v) is 4.16. The molecular weight excluding hydrogens is 178 g/mol. The van der Waals surface area contributed by atoms with Crippen LogP contribution in [0.2, 0.25) is 0 Å². The van der Waals surface area contributed by atoms with Crippen LogP contribution < -0.4 is 5.32 Å². The molecule has 70 valence electrons. The molecule has 2 rings (SSSR count). The summed E-state index contributed by atoms with van der Waals surface area (Å²) in [7, 11) is 0. The number of hydrogen-bond acceptors (Lipinski definition) is 2. The minimum atomic E-state index is -0.235. The Kier molecular flexibility index (Phi) is 2.02. The van der Waals surface area contributed by atoms with Crippen molar-refractivity contribution in [2.24, 2.45) is 0 Å². The second kappa shape index (κ2) is 3.33. The van der Waals surface area contributed by atoms with E-state index >= 15 is 0 Å². The van der Waals surface area contributed by atoms with E-state index in [0.29, 0.717) is 5.69 Å². The van der Waals surface area contributed by atoms with Crippen LogP contribution in [0.5, 0.6) is 0 Å². The molecule has 0 aromatic carbocycles. The van der Waals surface area contributed by atoms with Crippen molar-refractivity contribution in [1.29, 1.82) is 0 Å². The Balaban J connectivity index is 2.34. The van der Waals surface area contributed by atoms with E-state index in [0.717, 1.165) is 11.0 Å². The fourth-order valence-corrected chi connectivity index (χ4v) is 1.20. The van der Waals surface area contributed by atoms with Gasteiger partial charge in [0.25, 0.3) is 0 Å². The second-order valence-corrected chi connectivity index (χ2v) is 2.83. The first-order chi connectivity index (χ1) is 6.79. The first-order valence-electron chi connectivity index (χ1n) is 4.16. The number of carbonyl (C=O) groups is 1. The molecule has 4 nitrogen and oxygen atoms in total. The third-order valence-electron chi connectivity index (χ3n) is 1.85. The van der Waals surface area contributed by atoms with E-state index in [1.54, 1.807) is 12.4 Å². The number of nitrogens with zero attached hydrogens (tertiary/aromatic N) is 1. The molecule has 4 heteroatoms. The molecule has 0 unspecified atom stereocenters. The van der Waals surface area contributed by atoms with Crippen LogP contribution in [0.25, 0.3) is 11.0 Å². The zero-order valence-electron chi connectivity index (χ0n) is 7.45. The number of nitrogens with one attached hydrogen (secondary N) is 2. The second-order valence-electron chi connectivity index (χ2n) is 2.83. The van der Waals surface area contributed by atoms with Gasteiger partial charge in [-0.05, 0) is 18.2 Å². The largest absolute Gasteiger partial charge is 0.346 e. The van der Waals surface area contributed by atoms with Gasteiger partial charge in [-0.25, -0.2) is 4.98 Å². The van der Waals surface area contributed by atoms with E-state index in [4.69, 9.17) is 0 Å². The van der Waals surface area contributed by atoms with Crippen molar-refractivity contribution >= 4 is 22.6 Å². The summed E-state index contributed by atoms with van der Waals surface area (Å²) in [6.45, 7) is 3.37. The van der Waals surface area contributed by atoms with Crippen molar-refractivity contribution in [3.05, 3.63) is 37.2 Å². The van der Waals surface area contributed by atoms with Crippen LogP contribution in [0.4, 0.5) is 5.69 Å². The summed E-state index contributed by atoms with van der Waals surface area (Å²) in [6, 6.07) is 3.74. The molecule has 1 amide bonds. The fraction of sp³-hybridized carbons (Fsp3) is 0. The third-order valence-corrected chi connectivity index (χ3v) is 1.85. The average Bonchev–Trinajstić information content (AvgIpc) is 2.64. The molecule has 2 heterocycles. The molecule has 0 aliphatic carbocycles. The van der Waals surface area contributed by atoms with E-state index in [9.17, 15) is 4.79 Å². The number of pyridine rings is 1. The van der Waals surface area contributed by atoms with Crippen molar-refractivity contribution in [2.45, 2.75) is 0 Å². The lowest BCUT2D eigenvalue weighted by molar-refractivity contribution is -0.111. The molecule has 0 atom stereocenters. The minimum Gasteiger partial charge on any atom is -0.346 e. The van der Waals surface area contributed by atoms with E-state index in [1.165, 1.54) is 6.08 Å². The van der Waals surface area contributed by atoms with Crippen molar-refractivity contribution in [3.8, 4) is 0 Å². The smallest absolute Gasteiger partial charge is 0.247 e. The number of rotatable bonds is 2. The molecule has 0 fully saturated rings. The van der Waals surface area contributed by atoms with E-state index in [1.807, 2.05) is 12.1 Å². The number of aromatic amines is 1. The monoisotopic (exact) mass is 187 g/mol. The number of hydrogen-bond donors (Lipinski definition) is 2. The lowest BCUT2D eigenvalue weighted by Gasteiger charge is -2.00. The zero-order valence-corrected chi connectivity index (χ0v) is 7.45. The highest BCUT2D eigenvalue weighted by Gasteiger charge is 2.00. The minimum absolute atomic E-state index is 0.235. The van der Waals surface area contributed by atoms with Crippen molar-refractivity contribution < 1.29 is 4.79 Å². The van der Waals surface area contributed by atoms with Crippen LogP contribution >= 0.6 is 0 Å². The lowest BCUT2D eigenvalue weighted by Crippen LogP contribution is -2.07. The maximum absolute atomic E-state index is 11.0. The summed E-state index contributed by atoms with van der Waals surface area (Å²) in [6.07, 6.45) is 4.62. The van der Waals surface area contributed by atoms with E-state index in [2.05, 4.69) is 21.9 Å². The maximum Gasteiger partial charge on any atom is 0.247 e. The number of aromatic nitrogens is 2. The number of H-pyrrole nitrogens is 1. The fourth-order valence-electron chi connectivity index (χ4n) is 1.20. The molecule has 0 aliphatic heterocycles. The normalized spacial score (nSPS) is 10.0. The number of amides is 1. The van der Waals surface area contributed by atoms with Crippen molar-refractivity contribution in [3.63, 3.8) is 0 Å². The van der Waals surface area contributed by atoms with Crippen LogP contribution in [0, 0.1) is 0 Å². The van der Waals surface area contributed by atoms with Gasteiger partial charge < -0.3 is 10.3 Å². The van der Waals surface area contributed by atoms with Crippen LogP contribution in [-0.4, -0.2) is 15.9 Å². The Morgan fingerprint density at radius 1 is 1.64 bits per heavy atom. The highest BCUT2D eigenvalue weighted by atomic mass is 16.1. The molecular formula is C10H9N3O. The molecule has 14 heavy (non-hydrogen) atoms. The van der Waals surface area contributed by atoms with Crippen LogP contribution in [0.3, 0.4) is 0 Å². The highest BCUT2D eigenvalue weighted by molar-refractivity contribution is 5.99. The standard InChI is InChI=1S/C10H9N3O/c1-2-9(14)13-8-5-7-3-4-11-10(7)12-6-8/h2-6H,1H2,(H,11,12)(H,13,14). The first kappa shape index (κ1) is 8.50. The SMILES string of the molecule is C=CC(=O)Nc1cnc2[nH]ccc2c1. The van der Waals surface area contributed by atoms with Gasteiger partial charge in [0, 0.05) is 11.6 Å². The summed E-state index contributed by atoms with van der Waals surface area (Å²) < 4.78 is 0. The molecule has 2 aromatic rings. The van der Waals surface area contributed by atoms with Crippen LogP contribution in [-0.2, 0) is 4.79 Å². The van der Waals surface area contributed by atoms with Crippen LogP contribution in [0.1, 0.15) is 0 Å². The van der Waals surface area contributed by atoms with Crippen LogP contribution in [0.15, 0.2) is 37.2 Å². The Labute approximate surface area is 80.7 Å². The molecule has 0 radical (unpaired) electrons. The summed E-state index contributed by atoms with van der Waals surface area (Å²) in [5.41, 5.74) is 1.48. The van der Waals surface area contributed by atoms with Gasteiger partial charge in [-0.2, -0.15) is 0 Å². The molecule has 2 aromatic heterocycles. The predicted molar refractivity (Wildman–Crippen MR) is 54.9 cm³/mol. The van der Waals surface area contributed by atoms with Crippen molar-refractivity contribution in [2.75, 3.05) is 5.32 Å². The van der Waals surface area contributed by atoms with Gasteiger partial charge in [0.1, 0.15) is 5.65 Å². The molecule has 0 saturated heterocycles. The predicted octanol–water partition coefficient (Wildman–Crippen LogP) is 1.69. The summed E-state index contributed by atoms with van der Waals surface area (Å²) >= 11 is 0. The van der Waals surface area contributed by atoms with Gasteiger partial charge in [0.15, 0.2) is 0 Å². The Morgan fingerprint density at radius 3 is 3.29 bits per heavy atom. The average molecular weight is 187 g/mol. The highest BCUT2D eigenvalue weighted by Crippen LogP contribution is 2.14. The number of anilines is 1. The molecule has 0 bridgehead atoms. The number of fused-ring (bicyclic) bond motifs is 1. The van der Waals surface area contributed by atoms with Gasteiger partial charge in [0.2, 0.25) is 5.91 Å². The molecule has 2 N–H and O–H groups in total. The van der Waals surface area contributed by atoms with Crippen molar-refractivity contribution in [1.82, 2.24) is 9.97 Å². The number of carbonyl (C=O) groups excluding carboxylic acids is 1. The molecule has 0 saturated carbocycles.